The van der Waals surface area contributed by atoms with Gasteiger partial charge in [-0.05, 0) is 32.1 Å². The molecule has 0 aliphatic carbocycles. The van der Waals surface area contributed by atoms with E-state index in [-0.39, 0.29) is 5.97 Å². The van der Waals surface area contributed by atoms with E-state index in [1.165, 1.54) is 77.7 Å². The van der Waals surface area contributed by atoms with E-state index in [0.717, 1.165) is 12.8 Å². The number of rotatable bonds is 13. The fraction of sp³-hybridized carbons (Fsp3) is 0.947. The van der Waals surface area contributed by atoms with Crippen LogP contribution in [0.15, 0.2) is 0 Å². The Balaban J connectivity index is 1.88. The smallest absolute Gasteiger partial charge is 0.305 e. The van der Waals surface area contributed by atoms with Crippen molar-refractivity contribution in [2.45, 2.75) is 109 Å². The molecule has 0 aromatic rings. The van der Waals surface area contributed by atoms with E-state index < -0.39 is 0 Å². The molecule has 130 valence electrons. The third-order valence-corrected chi connectivity index (χ3v) is 4.71. The monoisotopic (exact) mass is 312 g/mol. The second kappa shape index (κ2) is 12.9. The van der Waals surface area contributed by atoms with Crippen LogP contribution in [0.5, 0.6) is 0 Å². The van der Waals surface area contributed by atoms with Gasteiger partial charge in [-0.15, -0.1) is 0 Å². The summed E-state index contributed by atoms with van der Waals surface area (Å²) in [5, 5.41) is 0. The maximum absolute atomic E-state index is 11.0. The summed E-state index contributed by atoms with van der Waals surface area (Å²) in [5.41, 5.74) is 0. The Morgan fingerprint density at radius 1 is 0.909 bits per heavy atom. The predicted octanol–water partition coefficient (Wildman–Crippen LogP) is 5.41. The van der Waals surface area contributed by atoms with Gasteiger partial charge in [0.25, 0.3) is 0 Å². The number of unbranched alkanes of at least 4 members (excludes halogenated alkanes) is 7. The highest BCUT2D eigenvalue weighted by Crippen LogP contribution is 2.27. The first-order valence-electron chi connectivity index (χ1n) is 9.48. The van der Waals surface area contributed by atoms with Gasteiger partial charge in [0.1, 0.15) is 0 Å². The van der Waals surface area contributed by atoms with Crippen LogP contribution < -0.4 is 0 Å². The first-order chi connectivity index (χ1) is 10.8. The van der Waals surface area contributed by atoms with Crippen molar-refractivity contribution in [2.75, 3.05) is 7.11 Å². The van der Waals surface area contributed by atoms with Gasteiger partial charge in [0.05, 0.1) is 19.3 Å². The molecule has 0 amide bonds. The number of methoxy groups -OCH3 is 1. The van der Waals surface area contributed by atoms with E-state index >= 15 is 0 Å². The summed E-state index contributed by atoms with van der Waals surface area (Å²) >= 11 is 0. The van der Waals surface area contributed by atoms with Crippen molar-refractivity contribution in [3.8, 4) is 0 Å². The van der Waals surface area contributed by atoms with Gasteiger partial charge in [0.15, 0.2) is 0 Å². The molecule has 0 unspecified atom stereocenters. The predicted molar refractivity (Wildman–Crippen MR) is 91.0 cm³/mol. The lowest BCUT2D eigenvalue weighted by Gasteiger charge is -2.13. The molecule has 0 spiro atoms. The van der Waals surface area contributed by atoms with E-state index in [2.05, 4.69) is 11.7 Å². The minimum Gasteiger partial charge on any atom is -0.469 e. The van der Waals surface area contributed by atoms with Crippen LogP contribution in [-0.2, 0) is 14.3 Å². The number of ether oxygens (including phenoxy) is 2. The van der Waals surface area contributed by atoms with Gasteiger partial charge in [-0.1, -0.05) is 58.3 Å². The topological polar surface area (TPSA) is 35.5 Å². The molecule has 3 heteroatoms. The van der Waals surface area contributed by atoms with Crippen molar-refractivity contribution < 1.29 is 14.3 Å². The molecular formula is C19H36O3. The molecular weight excluding hydrogens is 276 g/mol. The first-order valence-corrected chi connectivity index (χ1v) is 9.48. The van der Waals surface area contributed by atoms with E-state index in [0.29, 0.717) is 18.6 Å². The van der Waals surface area contributed by atoms with E-state index in [9.17, 15) is 4.79 Å². The van der Waals surface area contributed by atoms with Gasteiger partial charge in [-0.25, -0.2) is 0 Å². The molecule has 2 atom stereocenters. The minimum absolute atomic E-state index is 0.0793. The molecule has 0 aromatic carbocycles. The zero-order valence-corrected chi connectivity index (χ0v) is 14.8. The van der Waals surface area contributed by atoms with Gasteiger partial charge < -0.3 is 9.47 Å². The van der Waals surface area contributed by atoms with Gasteiger partial charge >= 0.3 is 5.97 Å². The number of hydrogen-bond donors (Lipinski definition) is 0. The third-order valence-electron chi connectivity index (χ3n) is 4.71. The largest absolute Gasteiger partial charge is 0.469 e. The Morgan fingerprint density at radius 3 is 2.05 bits per heavy atom. The second-order valence-electron chi connectivity index (χ2n) is 6.69. The van der Waals surface area contributed by atoms with Crippen LogP contribution in [0, 0.1) is 0 Å². The third kappa shape index (κ3) is 9.45. The summed E-state index contributed by atoms with van der Waals surface area (Å²) in [6, 6.07) is 0. The Labute approximate surface area is 137 Å². The van der Waals surface area contributed by atoms with Gasteiger partial charge in [-0.2, -0.15) is 0 Å². The summed E-state index contributed by atoms with van der Waals surface area (Å²) in [7, 11) is 1.46. The number of carbonyl (C=O) groups excluding carboxylic acids is 1. The molecule has 22 heavy (non-hydrogen) atoms. The molecule has 1 aliphatic rings. The molecule has 0 bridgehead atoms. The highest BCUT2D eigenvalue weighted by molar-refractivity contribution is 5.68. The SMILES string of the molecule is CCCCCC[C@@H]1CC[C@H](CCCCCCCC(=O)OC)O1. The molecule has 1 heterocycles. The molecule has 1 rings (SSSR count). The van der Waals surface area contributed by atoms with E-state index in [1.807, 2.05) is 0 Å². The van der Waals surface area contributed by atoms with Crippen LogP contribution in [0.4, 0.5) is 0 Å². The van der Waals surface area contributed by atoms with Crippen LogP contribution in [-0.4, -0.2) is 25.3 Å². The van der Waals surface area contributed by atoms with E-state index in [4.69, 9.17) is 4.74 Å². The summed E-state index contributed by atoms with van der Waals surface area (Å²) in [6.07, 6.45) is 17.9. The average molecular weight is 312 g/mol. The van der Waals surface area contributed by atoms with Crippen molar-refractivity contribution in [1.29, 1.82) is 0 Å². The Hall–Kier alpha value is -0.570. The van der Waals surface area contributed by atoms with Gasteiger partial charge in [0, 0.05) is 6.42 Å². The quantitative estimate of drug-likeness (QED) is 0.337. The zero-order valence-electron chi connectivity index (χ0n) is 14.8. The number of esters is 1. The van der Waals surface area contributed by atoms with Crippen molar-refractivity contribution >= 4 is 5.97 Å². The molecule has 3 nitrogen and oxygen atoms in total. The first kappa shape index (κ1) is 19.5. The molecule has 0 aromatic heterocycles. The average Bonchev–Trinajstić information content (AvgIpc) is 2.98. The lowest BCUT2D eigenvalue weighted by atomic mass is 10.0. The molecule has 0 radical (unpaired) electrons. The van der Waals surface area contributed by atoms with Crippen molar-refractivity contribution in [2.24, 2.45) is 0 Å². The van der Waals surface area contributed by atoms with E-state index in [1.54, 1.807) is 0 Å². The normalized spacial score (nSPS) is 21.2. The highest BCUT2D eigenvalue weighted by atomic mass is 16.5. The van der Waals surface area contributed by atoms with Crippen molar-refractivity contribution in [3.05, 3.63) is 0 Å². The second-order valence-corrected chi connectivity index (χ2v) is 6.69. The summed E-state index contributed by atoms with van der Waals surface area (Å²) in [5.74, 6) is -0.0793. The summed E-state index contributed by atoms with van der Waals surface area (Å²) in [4.78, 5) is 11.0. The molecule has 1 aliphatic heterocycles. The zero-order chi connectivity index (χ0) is 16.0. The van der Waals surface area contributed by atoms with Crippen LogP contribution in [0.25, 0.3) is 0 Å². The van der Waals surface area contributed by atoms with Crippen LogP contribution >= 0.6 is 0 Å². The minimum atomic E-state index is -0.0793. The lowest BCUT2D eigenvalue weighted by molar-refractivity contribution is -0.140. The van der Waals surface area contributed by atoms with Crippen molar-refractivity contribution in [3.63, 3.8) is 0 Å². The number of carbonyl (C=O) groups is 1. The fourth-order valence-electron chi connectivity index (χ4n) is 3.28. The summed E-state index contributed by atoms with van der Waals surface area (Å²) in [6.45, 7) is 2.26. The molecule has 0 saturated carbocycles. The maximum Gasteiger partial charge on any atom is 0.305 e. The standard InChI is InChI=1S/C19H36O3/c1-3-4-5-9-12-17-15-16-18(22-17)13-10-7-6-8-11-14-19(20)21-2/h17-18H,3-16H2,1-2H3/t17-,18+/m1/s1. The molecule has 1 fully saturated rings. The maximum atomic E-state index is 11.0. The van der Waals surface area contributed by atoms with Crippen LogP contribution in [0.1, 0.15) is 96.8 Å². The van der Waals surface area contributed by atoms with Crippen LogP contribution in [0.2, 0.25) is 0 Å². The lowest BCUT2D eigenvalue weighted by Crippen LogP contribution is -2.10. The highest BCUT2D eigenvalue weighted by Gasteiger charge is 2.24. The number of hydrogen-bond acceptors (Lipinski definition) is 3. The molecule has 0 N–H and O–H groups in total. The Morgan fingerprint density at radius 2 is 1.45 bits per heavy atom. The van der Waals surface area contributed by atoms with Gasteiger partial charge in [0.2, 0.25) is 0 Å². The Kier molecular flexibility index (Phi) is 11.4. The fourth-order valence-corrected chi connectivity index (χ4v) is 3.28. The van der Waals surface area contributed by atoms with Crippen molar-refractivity contribution in [1.82, 2.24) is 0 Å². The van der Waals surface area contributed by atoms with Crippen LogP contribution in [0.3, 0.4) is 0 Å². The van der Waals surface area contributed by atoms with Gasteiger partial charge in [-0.3, -0.25) is 4.79 Å². The Bertz CT molecular complexity index is 278. The summed E-state index contributed by atoms with van der Waals surface area (Å²) < 4.78 is 10.8. The molecule has 1 saturated heterocycles.